The average Bonchev–Trinajstić information content (AvgIpc) is 3.23. The Bertz CT molecular complexity index is 2610. The topological polar surface area (TPSA) is 168 Å². The Morgan fingerprint density at radius 2 is 0.679 bits per heavy atom. The molecule has 1 aliphatic carbocycles. The van der Waals surface area contributed by atoms with Crippen molar-refractivity contribution in [3.63, 3.8) is 0 Å². The van der Waals surface area contributed by atoms with Gasteiger partial charge in [0.2, 0.25) is 0 Å². The number of carboxylic acid groups (broad SMARTS) is 4. The quantitative estimate of drug-likeness (QED) is 0.111. The molecule has 2 heterocycles. The summed E-state index contributed by atoms with van der Waals surface area (Å²) in [5.74, 6) is -5.83. The third kappa shape index (κ3) is 4.70. The van der Waals surface area contributed by atoms with Gasteiger partial charge in [-0.2, -0.15) is 0 Å². The minimum Gasteiger partial charge on any atom is -0.478 e. The number of rotatable bonds is 8. The summed E-state index contributed by atoms with van der Waals surface area (Å²) in [4.78, 5) is 65.1. The van der Waals surface area contributed by atoms with E-state index in [-0.39, 0.29) is 0 Å². The first-order chi connectivity index (χ1) is 27.1. The second-order valence-corrected chi connectivity index (χ2v) is 13.6. The zero-order valence-corrected chi connectivity index (χ0v) is 29.1. The Morgan fingerprint density at radius 1 is 0.393 bits per heavy atom. The number of fused-ring (bicyclic) bond motifs is 2. The van der Waals surface area contributed by atoms with E-state index < -0.39 is 57.3 Å². The van der Waals surface area contributed by atoms with Crippen molar-refractivity contribution in [3.8, 4) is 22.3 Å². The van der Waals surface area contributed by atoms with Crippen LogP contribution in [0.1, 0.15) is 74.8 Å². The summed E-state index contributed by atoms with van der Waals surface area (Å²) < 4.78 is 0. The zero-order chi connectivity index (χ0) is 38.9. The predicted molar refractivity (Wildman–Crippen MR) is 204 cm³/mol. The molecule has 0 spiro atoms. The largest absolute Gasteiger partial charge is 0.478 e. The maximum Gasteiger partial charge on any atom is 0.336 e. The lowest BCUT2D eigenvalue weighted by Crippen LogP contribution is -2.54. The highest BCUT2D eigenvalue weighted by Crippen LogP contribution is 2.66. The highest BCUT2D eigenvalue weighted by molar-refractivity contribution is 6.15. The zero-order valence-electron chi connectivity index (χ0n) is 29.1. The molecule has 10 heteroatoms. The van der Waals surface area contributed by atoms with Crippen LogP contribution in [-0.4, -0.2) is 44.3 Å². The molecule has 56 heavy (non-hydrogen) atoms. The monoisotopic (exact) mass is 740 g/mol. The van der Waals surface area contributed by atoms with Crippen molar-refractivity contribution in [3.05, 3.63) is 201 Å². The van der Waals surface area contributed by atoms with Gasteiger partial charge in [0, 0.05) is 22.3 Å². The van der Waals surface area contributed by atoms with E-state index in [0.29, 0.717) is 66.4 Å². The van der Waals surface area contributed by atoms with Crippen LogP contribution in [0.5, 0.6) is 0 Å². The summed E-state index contributed by atoms with van der Waals surface area (Å²) in [5.41, 5.74) is -0.708. The van der Waals surface area contributed by atoms with Crippen molar-refractivity contribution in [2.24, 2.45) is 0 Å². The molecule has 0 saturated heterocycles. The van der Waals surface area contributed by atoms with E-state index in [4.69, 9.17) is 9.78 Å². The Hall–Kier alpha value is -7.40. The van der Waals surface area contributed by atoms with Crippen molar-refractivity contribution in [1.29, 1.82) is 0 Å². The van der Waals surface area contributed by atoms with Crippen LogP contribution in [-0.2, 0) is 21.0 Å². The van der Waals surface area contributed by atoms with Crippen molar-refractivity contribution in [2.75, 3.05) is 0 Å². The highest BCUT2D eigenvalue weighted by Gasteiger charge is 2.63. The fourth-order valence-electron chi connectivity index (χ4n) is 8.55. The molecule has 10 nitrogen and oxygen atoms in total. The highest BCUT2D eigenvalue weighted by atomic mass is 17.2. The van der Waals surface area contributed by atoms with Gasteiger partial charge in [0.1, 0.15) is 0 Å². The van der Waals surface area contributed by atoms with Gasteiger partial charge < -0.3 is 20.4 Å². The van der Waals surface area contributed by atoms with Crippen molar-refractivity contribution in [2.45, 2.75) is 11.2 Å². The van der Waals surface area contributed by atoms with Gasteiger partial charge in [0.05, 0.1) is 22.3 Å². The van der Waals surface area contributed by atoms with Gasteiger partial charge in [0.25, 0.3) is 0 Å². The Balaban J connectivity index is 1.65. The first-order valence-electron chi connectivity index (χ1n) is 17.5. The van der Waals surface area contributed by atoms with Gasteiger partial charge in [-0.25, -0.2) is 29.0 Å². The molecule has 3 aliphatic rings. The normalized spacial score (nSPS) is 17.9. The average molecular weight is 741 g/mol. The lowest BCUT2D eigenvalue weighted by Gasteiger charge is -2.55. The number of aromatic carboxylic acids is 4. The van der Waals surface area contributed by atoms with Crippen molar-refractivity contribution < 1.29 is 49.4 Å². The summed E-state index contributed by atoms with van der Waals surface area (Å²) in [6.07, 6.45) is 0. The molecule has 272 valence electrons. The van der Waals surface area contributed by atoms with Crippen LogP contribution in [0.25, 0.3) is 33.0 Å². The van der Waals surface area contributed by atoms with Crippen molar-refractivity contribution >= 4 is 34.6 Å². The summed E-state index contributed by atoms with van der Waals surface area (Å²) in [6.45, 7) is 0. The Kier molecular flexibility index (Phi) is 7.73. The van der Waals surface area contributed by atoms with E-state index in [2.05, 4.69) is 0 Å². The van der Waals surface area contributed by atoms with Gasteiger partial charge in [-0.3, -0.25) is 0 Å². The summed E-state index contributed by atoms with van der Waals surface area (Å²) in [6, 6.07) is 41.6. The maximum absolute atomic E-state index is 12.9. The standard InChI is InChI=1S/C46H28O10/c47-41(48)31-21-29-30(22-32(31)42(49)50)38(26-15-7-2-8-16-26)40-39(37(29)25-13-5-1-6-14-25)45(27-17-9-3-10-18-27)35-23-33(43(51)52)34(44(53)54)24-36(35)46(40,56-55-45)28-19-11-4-12-20-28/h1-24H,(H,47,48)(H,49,50)(H,51,52)(H,53,54)/t45-,46+. The minimum absolute atomic E-state index is 0.296. The minimum atomic E-state index is -1.80. The lowest BCUT2D eigenvalue weighted by atomic mass is 9.58. The van der Waals surface area contributed by atoms with Crippen LogP contribution in [0, 0.1) is 0 Å². The van der Waals surface area contributed by atoms with Gasteiger partial charge in [0.15, 0.2) is 11.2 Å². The Morgan fingerprint density at radius 3 is 0.982 bits per heavy atom. The molecule has 0 aromatic heterocycles. The van der Waals surface area contributed by atoms with Crippen LogP contribution >= 0.6 is 0 Å². The van der Waals surface area contributed by atoms with Crippen LogP contribution in [0.4, 0.5) is 0 Å². The van der Waals surface area contributed by atoms with E-state index in [0.717, 1.165) is 0 Å². The predicted octanol–water partition coefficient (Wildman–Crippen LogP) is 8.83. The number of benzene rings is 7. The summed E-state index contributed by atoms with van der Waals surface area (Å²) in [5, 5.41) is 42.7. The number of hydrogen-bond donors (Lipinski definition) is 4. The van der Waals surface area contributed by atoms with Crippen LogP contribution in [0.15, 0.2) is 146 Å². The van der Waals surface area contributed by atoms with Gasteiger partial charge >= 0.3 is 23.9 Å². The molecule has 2 aliphatic heterocycles. The van der Waals surface area contributed by atoms with Crippen LogP contribution in [0.2, 0.25) is 0 Å². The molecule has 10 rings (SSSR count). The molecule has 0 saturated carbocycles. The maximum atomic E-state index is 12.9. The second kappa shape index (κ2) is 12.6. The molecule has 2 bridgehead atoms. The Labute approximate surface area is 318 Å². The SMILES string of the molecule is O=C(O)c1cc2c(cc1C(=O)O)[C@]1(c3ccccc3)OO[C@@]2(c2ccccc2)c2c1c(-c1ccccc1)c1cc(C(=O)O)c(C(=O)O)cc1c2-c1ccccc1. The summed E-state index contributed by atoms with van der Waals surface area (Å²) >= 11 is 0. The number of carboxylic acids is 4. The first-order valence-corrected chi connectivity index (χ1v) is 17.5. The smallest absolute Gasteiger partial charge is 0.336 e. The van der Waals surface area contributed by atoms with Crippen LogP contribution in [0.3, 0.4) is 0 Å². The molecule has 2 atom stereocenters. The van der Waals surface area contributed by atoms with E-state index in [9.17, 15) is 39.6 Å². The molecule has 0 fully saturated rings. The van der Waals surface area contributed by atoms with E-state index in [1.54, 1.807) is 60.7 Å². The number of carbonyl (C=O) groups is 4. The fraction of sp³-hybridized carbons (Fsp3) is 0.0435. The molecular weight excluding hydrogens is 712 g/mol. The molecule has 0 unspecified atom stereocenters. The molecule has 4 N–H and O–H groups in total. The van der Waals surface area contributed by atoms with Gasteiger partial charge in [-0.1, -0.05) is 121 Å². The van der Waals surface area contributed by atoms with E-state index in [1.165, 1.54) is 24.3 Å². The lowest BCUT2D eigenvalue weighted by molar-refractivity contribution is -0.409. The summed E-state index contributed by atoms with van der Waals surface area (Å²) in [7, 11) is 0. The van der Waals surface area contributed by atoms with Crippen molar-refractivity contribution in [1.82, 2.24) is 0 Å². The van der Waals surface area contributed by atoms with Gasteiger partial charge in [-0.05, 0) is 68.4 Å². The van der Waals surface area contributed by atoms with E-state index in [1.807, 2.05) is 60.7 Å². The fourth-order valence-corrected chi connectivity index (χ4v) is 8.55. The first kappa shape index (κ1) is 34.4. The molecule has 7 aromatic carbocycles. The molecule has 0 radical (unpaired) electrons. The third-order valence-corrected chi connectivity index (χ3v) is 10.8. The molecular formula is C46H28O10. The second-order valence-electron chi connectivity index (χ2n) is 13.6. The molecule has 7 aromatic rings. The third-order valence-electron chi connectivity index (χ3n) is 10.8. The number of hydrogen-bond acceptors (Lipinski definition) is 6. The van der Waals surface area contributed by atoms with Crippen LogP contribution < -0.4 is 0 Å². The van der Waals surface area contributed by atoms with E-state index >= 15 is 0 Å². The molecule has 0 amide bonds. The van der Waals surface area contributed by atoms with Gasteiger partial charge in [-0.15, -0.1) is 0 Å².